The molecule has 0 spiro atoms. The number of nitrogens with zero attached hydrogens (tertiary/aromatic N) is 2. The van der Waals surface area contributed by atoms with Crippen molar-refractivity contribution in [3.05, 3.63) is 86.5 Å². The van der Waals surface area contributed by atoms with Gasteiger partial charge in [-0.2, -0.15) is 10.5 Å². The molecule has 0 saturated heterocycles. The van der Waals surface area contributed by atoms with Crippen molar-refractivity contribution in [2.45, 2.75) is 97.8 Å². The Morgan fingerprint density at radius 3 is 1.68 bits per heavy atom. The molecule has 6 heteroatoms. The second-order valence-electron chi connectivity index (χ2n) is 13.1. The third kappa shape index (κ3) is 6.71. The maximum absolute atomic E-state index is 10.7. The van der Waals surface area contributed by atoms with Crippen LogP contribution in [0.1, 0.15) is 89.6 Å². The van der Waals surface area contributed by atoms with E-state index in [2.05, 4.69) is 109 Å². The standard InChI is InChI=1S/C41H45N3O2S/c1-10-12-13-30(11-2)22-44-35-33(20-42)34(21-43)38-39(41(35)47-40-28(8)16-23(3)17-29(40)9)46-37-27(7)15-25(5)19-32(37)31-18-24(4)14-26(6)36(31)45-38/h14-19,30,44H,10-13,22H2,1-9H3. The lowest BCUT2D eigenvalue weighted by Crippen LogP contribution is -2.15. The summed E-state index contributed by atoms with van der Waals surface area (Å²) in [5, 5.41) is 27.0. The molecule has 47 heavy (non-hydrogen) atoms. The van der Waals surface area contributed by atoms with Crippen molar-refractivity contribution in [1.82, 2.24) is 0 Å². The molecule has 1 unspecified atom stereocenters. The lowest BCUT2D eigenvalue weighted by atomic mass is 9.98. The van der Waals surface area contributed by atoms with Crippen LogP contribution in [0.4, 0.5) is 5.69 Å². The lowest BCUT2D eigenvalue weighted by molar-refractivity contribution is 0.472. The van der Waals surface area contributed by atoms with Gasteiger partial charge in [0.2, 0.25) is 0 Å². The highest BCUT2D eigenvalue weighted by Crippen LogP contribution is 2.46. The summed E-state index contributed by atoms with van der Waals surface area (Å²) in [7, 11) is 0. The summed E-state index contributed by atoms with van der Waals surface area (Å²) in [6.45, 7) is 19.7. The number of aryl methyl sites for hydroxylation is 7. The second-order valence-corrected chi connectivity index (χ2v) is 14.1. The van der Waals surface area contributed by atoms with Gasteiger partial charge in [0, 0.05) is 22.2 Å². The van der Waals surface area contributed by atoms with Crippen molar-refractivity contribution in [1.29, 1.82) is 10.5 Å². The first-order chi connectivity index (χ1) is 22.5. The first kappa shape index (κ1) is 34.0. The molecule has 5 aromatic rings. The number of nitriles is 2. The maximum atomic E-state index is 10.7. The molecule has 0 aliphatic rings. The summed E-state index contributed by atoms with van der Waals surface area (Å²) in [5.74, 6) is 0.426. The van der Waals surface area contributed by atoms with Gasteiger partial charge in [-0.15, -0.1) is 0 Å². The number of benzene rings is 4. The van der Waals surface area contributed by atoms with Gasteiger partial charge in [-0.3, -0.25) is 0 Å². The third-order valence-electron chi connectivity index (χ3n) is 9.05. The van der Waals surface area contributed by atoms with Crippen LogP contribution in [0, 0.1) is 77.0 Å². The average Bonchev–Trinajstić information content (AvgIpc) is 3.01. The lowest BCUT2D eigenvalue weighted by Gasteiger charge is -2.21. The summed E-state index contributed by atoms with van der Waals surface area (Å²) < 4.78 is 13.9. The highest BCUT2D eigenvalue weighted by molar-refractivity contribution is 7.99. The minimum Gasteiger partial charge on any atom is -0.451 e. The summed E-state index contributed by atoms with van der Waals surface area (Å²) in [4.78, 5) is 1.83. The fourth-order valence-corrected chi connectivity index (χ4v) is 7.91. The summed E-state index contributed by atoms with van der Waals surface area (Å²) in [5.41, 5.74) is 10.8. The van der Waals surface area contributed by atoms with E-state index in [1.54, 1.807) is 11.8 Å². The Kier molecular flexibility index (Phi) is 10.2. The molecule has 0 bridgehead atoms. The molecule has 0 amide bonds. The molecular formula is C41H45N3O2S. The third-order valence-corrected chi connectivity index (χ3v) is 10.5. The molecular weight excluding hydrogens is 599 g/mol. The predicted octanol–water partition coefficient (Wildman–Crippen LogP) is 12.1. The van der Waals surface area contributed by atoms with Crippen molar-refractivity contribution >= 4 is 50.6 Å². The van der Waals surface area contributed by atoms with E-state index in [4.69, 9.17) is 8.83 Å². The van der Waals surface area contributed by atoms with Gasteiger partial charge in [0.1, 0.15) is 28.9 Å². The van der Waals surface area contributed by atoms with Gasteiger partial charge >= 0.3 is 0 Å². The van der Waals surface area contributed by atoms with Gasteiger partial charge < -0.3 is 14.2 Å². The van der Waals surface area contributed by atoms with E-state index in [0.717, 1.165) is 85.2 Å². The van der Waals surface area contributed by atoms with Gasteiger partial charge in [-0.25, -0.2) is 0 Å². The fraction of sp³-hybridized carbons (Fsp3) is 0.366. The van der Waals surface area contributed by atoms with Gasteiger partial charge in [0.25, 0.3) is 0 Å². The van der Waals surface area contributed by atoms with E-state index in [1.807, 2.05) is 6.92 Å². The molecule has 5 nitrogen and oxygen atoms in total. The summed E-state index contributed by atoms with van der Waals surface area (Å²) in [6.07, 6.45) is 4.39. The smallest absolute Gasteiger partial charge is 0.190 e. The molecule has 0 aliphatic carbocycles. The van der Waals surface area contributed by atoms with Crippen molar-refractivity contribution < 1.29 is 8.83 Å². The number of hydrogen-bond donors (Lipinski definition) is 1. The van der Waals surface area contributed by atoms with E-state index >= 15 is 0 Å². The number of fused-ring (bicyclic) bond motifs is 4. The Bertz CT molecular complexity index is 2130. The molecule has 1 aromatic heterocycles. The highest BCUT2D eigenvalue weighted by atomic mass is 32.2. The normalized spacial score (nSPS) is 11.9. The predicted molar refractivity (Wildman–Crippen MR) is 196 cm³/mol. The number of hydrogen-bond acceptors (Lipinski definition) is 6. The van der Waals surface area contributed by atoms with Crippen molar-refractivity contribution in [3.63, 3.8) is 0 Å². The maximum Gasteiger partial charge on any atom is 0.190 e. The first-order valence-corrected chi connectivity index (χ1v) is 17.4. The number of unbranched alkanes of at least 4 members (excludes halogenated alkanes) is 1. The van der Waals surface area contributed by atoms with Gasteiger partial charge in [0.15, 0.2) is 11.2 Å². The average molecular weight is 644 g/mol. The van der Waals surface area contributed by atoms with E-state index in [9.17, 15) is 10.5 Å². The topological polar surface area (TPSA) is 85.9 Å². The second kappa shape index (κ2) is 14.2. The Labute approximate surface area is 283 Å². The van der Waals surface area contributed by atoms with Crippen LogP contribution in [0.3, 0.4) is 0 Å². The Morgan fingerprint density at radius 2 is 1.17 bits per heavy atom. The van der Waals surface area contributed by atoms with E-state index in [1.165, 1.54) is 5.56 Å². The molecule has 0 saturated carbocycles. The first-order valence-electron chi connectivity index (χ1n) is 16.6. The van der Waals surface area contributed by atoms with Crippen LogP contribution in [-0.4, -0.2) is 6.54 Å². The van der Waals surface area contributed by atoms with Crippen LogP contribution in [0.15, 0.2) is 55.0 Å². The zero-order chi connectivity index (χ0) is 34.0. The highest BCUT2D eigenvalue weighted by Gasteiger charge is 2.26. The van der Waals surface area contributed by atoms with E-state index in [-0.39, 0.29) is 16.7 Å². The van der Waals surface area contributed by atoms with Gasteiger partial charge in [-0.05, 0) is 106 Å². The van der Waals surface area contributed by atoms with E-state index < -0.39 is 0 Å². The molecule has 0 radical (unpaired) electrons. The number of rotatable bonds is 9. The monoisotopic (exact) mass is 643 g/mol. The Balaban J connectivity index is 2.01. The minimum atomic E-state index is 0.174. The van der Waals surface area contributed by atoms with Crippen molar-refractivity contribution in [3.8, 4) is 12.1 Å². The molecule has 1 atom stereocenters. The molecule has 5 rings (SSSR count). The number of anilines is 1. The van der Waals surface area contributed by atoms with Crippen LogP contribution >= 0.6 is 11.8 Å². The molecule has 0 aliphatic heterocycles. The Morgan fingerprint density at radius 1 is 0.660 bits per heavy atom. The van der Waals surface area contributed by atoms with Gasteiger partial charge in [0.05, 0.1) is 16.1 Å². The Hall–Kier alpha value is -4.39. The molecule has 1 heterocycles. The fourth-order valence-electron chi connectivity index (χ4n) is 6.76. The van der Waals surface area contributed by atoms with Gasteiger partial charge in [-0.1, -0.05) is 74.7 Å². The van der Waals surface area contributed by atoms with Crippen LogP contribution < -0.4 is 5.32 Å². The van der Waals surface area contributed by atoms with Crippen molar-refractivity contribution in [2.75, 3.05) is 11.9 Å². The quantitative estimate of drug-likeness (QED) is 0.172. The molecule has 242 valence electrons. The zero-order valence-electron chi connectivity index (χ0n) is 29.2. The van der Waals surface area contributed by atoms with Crippen LogP contribution in [-0.2, 0) is 0 Å². The molecule has 4 aromatic carbocycles. The summed E-state index contributed by atoms with van der Waals surface area (Å²) in [6, 6.07) is 17.6. The molecule has 1 N–H and O–H groups in total. The largest absolute Gasteiger partial charge is 0.451 e. The van der Waals surface area contributed by atoms with Crippen LogP contribution in [0.5, 0.6) is 0 Å². The number of nitrogens with one attached hydrogen (secondary N) is 1. The minimum absolute atomic E-state index is 0.174. The SMILES string of the molecule is CCCCC(CC)CNc1c(C#N)c(C#N)c2oc3c(C)cc(C)cc3c3cc(C)cc(C)c3oc2c1Sc1c(C)cc(C)cc1C. The van der Waals surface area contributed by atoms with Crippen LogP contribution in [0.2, 0.25) is 0 Å². The summed E-state index contributed by atoms with van der Waals surface area (Å²) >= 11 is 1.58. The van der Waals surface area contributed by atoms with E-state index in [0.29, 0.717) is 29.3 Å². The zero-order valence-corrected chi connectivity index (χ0v) is 30.0. The van der Waals surface area contributed by atoms with Crippen LogP contribution in [0.25, 0.3) is 33.1 Å². The van der Waals surface area contributed by atoms with Crippen molar-refractivity contribution in [2.24, 2.45) is 5.92 Å². The molecule has 0 fully saturated rings.